The molecule has 1 aromatic carbocycles. The van der Waals surface area contributed by atoms with Gasteiger partial charge >= 0.3 is 0 Å². The van der Waals surface area contributed by atoms with Crippen molar-refractivity contribution in [2.75, 3.05) is 6.54 Å². The Kier molecular flexibility index (Phi) is 4.63. The molecule has 0 atom stereocenters. The minimum Gasteiger partial charge on any atom is -0.309 e. The van der Waals surface area contributed by atoms with Crippen LogP contribution in [-0.2, 0) is 6.54 Å². The summed E-state index contributed by atoms with van der Waals surface area (Å²) < 4.78 is 13.1. The zero-order chi connectivity index (χ0) is 10.4. The van der Waals surface area contributed by atoms with Gasteiger partial charge in [-0.05, 0) is 18.6 Å². The zero-order valence-corrected chi connectivity index (χ0v) is 8.81. The Bertz CT molecular complexity index is 323. The molecule has 0 radical (unpaired) electrons. The molecule has 1 nitrogen and oxygen atoms in total. The van der Waals surface area contributed by atoms with E-state index in [1.54, 1.807) is 12.1 Å². The third-order valence-electron chi connectivity index (χ3n) is 1.86. The second-order valence-electron chi connectivity index (χ2n) is 3.15. The number of benzene rings is 1. The molecule has 0 heterocycles. The summed E-state index contributed by atoms with van der Waals surface area (Å²) in [6.45, 7) is 3.12. The van der Waals surface area contributed by atoms with Crippen LogP contribution in [0.5, 0.6) is 0 Å². The van der Waals surface area contributed by atoms with Gasteiger partial charge in [0.1, 0.15) is 5.82 Å². The lowest BCUT2D eigenvalue weighted by Crippen LogP contribution is -2.16. The summed E-state index contributed by atoms with van der Waals surface area (Å²) in [4.78, 5) is 0. The highest BCUT2D eigenvalue weighted by molar-refractivity contribution is 6.25. The van der Waals surface area contributed by atoms with Gasteiger partial charge in [0, 0.05) is 24.2 Å². The lowest BCUT2D eigenvalue weighted by atomic mass is 10.2. The van der Waals surface area contributed by atoms with Crippen molar-refractivity contribution in [2.45, 2.75) is 13.5 Å². The molecule has 76 valence electrons. The molecule has 1 aromatic rings. The number of halogens is 2. The summed E-state index contributed by atoms with van der Waals surface area (Å²) in [7, 11) is 0. The van der Waals surface area contributed by atoms with Crippen LogP contribution >= 0.6 is 11.6 Å². The molecule has 0 aliphatic carbocycles. The van der Waals surface area contributed by atoms with E-state index in [2.05, 4.69) is 5.32 Å². The van der Waals surface area contributed by atoms with Crippen LogP contribution in [0.3, 0.4) is 0 Å². The van der Waals surface area contributed by atoms with Gasteiger partial charge in [0.05, 0.1) is 0 Å². The molecule has 0 saturated heterocycles. The first-order chi connectivity index (χ1) is 6.74. The van der Waals surface area contributed by atoms with E-state index in [-0.39, 0.29) is 5.82 Å². The fourth-order valence-corrected chi connectivity index (χ4v) is 1.15. The molecule has 0 amide bonds. The molecule has 0 unspecified atom stereocenters. The molecule has 14 heavy (non-hydrogen) atoms. The molecule has 3 heteroatoms. The average Bonchev–Trinajstić information content (AvgIpc) is 2.20. The molecular weight excluding hydrogens is 201 g/mol. The highest BCUT2D eigenvalue weighted by atomic mass is 35.5. The molecule has 1 rings (SSSR count). The predicted octanol–water partition coefficient (Wildman–Crippen LogP) is 3.06. The maximum Gasteiger partial charge on any atom is 0.127 e. The van der Waals surface area contributed by atoms with Crippen LogP contribution in [0.2, 0.25) is 0 Å². The Morgan fingerprint density at radius 1 is 1.50 bits per heavy atom. The minimum atomic E-state index is -0.174. The van der Waals surface area contributed by atoms with Crippen molar-refractivity contribution in [3.8, 4) is 0 Å². The first-order valence-corrected chi connectivity index (χ1v) is 4.87. The van der Waals surface area contributed by atoms with Gasteiger partial charge in [0.15, 0.2) is 0 Å². The second-order valence-corrected chi connectivity index (χ2v) is 3.37. The first kappa shape index (κ1) is 11.2. The number of hydrogen-bond donors (Lipinski definition) is 1. The van der Waals surface area contributed by atoms with Crippen molar-refractivity contribution in [2.24, 2.45) is 0 Å². The van der Waals surface area contributed by atoms with Crippen LogP contribution in [-0.4, -0.2) is 6.54 Å². The Balaban J connectivity index is 2.43. The number of nitrogens with one attached hydrogen (secondary N) is 1. The minimum absolute atomic E-state index is 0.174. The highest BCUT2D eigenvalue weighted by Gasteiger charge is 1.98. The van der Waals surface area contributed by atoms with Gasteiger partial charge in [-0.15, -0.1) is 0 Å². The molecule has 0 aromatic heterocycles. The predicted molar refractivity (Wildman–Crippen MR) is 57.7 cm³/mol. The standard InChI is InChI=1S/C11H13ClFN/c1-9(6-12)7-14-8-10-4-2-3-5-11(10)13/h2-6,14H,7-8H2,1H3/b9-6-. The quantitative estimate of drug-likeness (QED) is 0.811. The van der Waals surface area contributed by atoms with Crippen molar-refractivity contribution >= 4 is 11.6 Å². The van der Waals surface area contributed by atoms with Crippen molar-refractivity contribution in [1.82, 2.24) is 5.32 Å². The lowest BCUT2D eigenvalue weighted by Gasteiger charge is -2.05. The summed E-state index contributed by atoms with van der Waals surface area (Å²) in [5.74, 6) is -0.174. The van der Waals surface area contributed by atoms with E-state index in [1.807, 2.05) is 13.0 Å². The van der Waals surface area contributed by atoms with Gasteiger partial charge in [0.25, 0.3) is 0 Å². The van der Waals surface area contributed by atoms with E-state index in [4.69, 9.17) is 11.6 Å². The Morgan fingerprint density at radius 2 is 2.21 bits per heavy atom. The van der Waals surface area contributed by atoms with Crippen LogP contribution in [0.15, 0.2) is 35.4 Å². The van der Waals surface area contributed by atoms with Crippen molar-refractivity contribution in [1.29, 1.82) is 0 Å². The van der Waals surface area contributed by atoms with Crippen molar-refractivity contribution in [3.05, 3.63) is 46.8 Å². The van der Waals surface area contributed by atoms with Crippen LogP contribution in [0, 0.1) is 5.82 Å². The summed E-state index contributed by atoms with van der Waals surface area (Å²) in [6.07, 6.45) is 0. The topological polar surface area (TPSA) is 12.0 Å². The monoisotopic (exact) mass is 213 g/mol. The largest absolute Gasteiger partial charge is 0.309 e. The Morgan fingerprint density at radius 3 is 2.86 bits per heavy atom. The summed E-state index contributed by atoms with van der Waals surface area (Å²) in [5.41, 5.74) is 3.23. The highest BCUT2D eigenvalue weighted by Crippen LogP contribution is 2.05. The van der Waals surface area contributed by atoms with Gasteiger partial charge in [-0.1, -0.05) is 29.8 Å². The van der Waals surface area contributed by atoms with Crippen LogP contribution in [0.4, 0.5) is 4.39 Å². The fraction of sp³-hybridized carbons (Fsp3) is 0.273. The van der Waals surface area contributed by atoms with E-state index >= 15 is 0 Å². The zero-order valence-electron chi connectivity index (χ0n) is 8.06. The van der Waals surface area contributed by atoms with E-state index in [1.165, 1.54) is 11.6 Å². The van der Waals surface area contributed by atoms with Crippen molar-refractivity contribution in [3.63, 3.8) is 0 Å². The van der Waals surface area contributed by atoms with Gasteiger partial charge in [-0.25, -0.2) is 4.39 Å². The Labute approximate surface area is 88.6 Å². The van der Waals surface area contributed by atoms with Crippen LogP contribution in [0.1, 0.15) is 12.5 Å². The van der Waals surface area contributed by atoms with E-state index in [9.17, 15) is 4.39 Å². The van der Waals surface area contributed by atoms with E-state index in [0.717, 1.165) is 5.57 Å². The maximum atomic E-state index is 13.1. The lowest BCUT2D eigenvalue weighted by molar-refractivity contribution is 0.595. The maximum absolute atomic E-state index is 13.1. The molecule has 0 bridgehead atoms. The third kappa shape index (κ3) is 3.48. The Hall–Kier alpha value is -0.860. The second kappa shape index (κ2) is 5.78. The van der Waals surface area contributed by atoms with E-state index in [0.29, 0.717) is 18.7 Å². The van der Waals surface area contributed by atoms with Gasteiger partial charge in [-0.2, -0.15) is 0 Å². The summed E-state index contributed by atoms with van der Waals surface area (Å²) in [6, 6.07) is 6.73. The van der Waals surface area contributed by atoms with Crippen LogP contribution < -0.4 is 5.32 Å². The third-order valence-corrected chi connectivity index (χ3v) is 2.24. The molecule has 0 aliphatic rings. The van der Waals surface area contributed by atoms with Crippen molar-refractivity contribution < 1.29 is 4.39 Å². The first-order valence-electron chi connectivity index (χ1n) is 4.44. The average molecular weight is 214 g/mol. The van der Waals surface area contributed by atoms with Crippen LogP contribution in [0.25, 0.3) is 0 Å². The van der Waals surface area contributed by atoms with E-state index < -0.39 is 0 Å². The SMILES string of the molecule is C/C(=C/Cl)CNCc1ccccc1F. The molecule has 0 saturated carbocycles. The number of hydrogen-bond acceptors (Lipinski definition) is 1. The van der Waals surface area contributed by atoms with Gasteiger partial charge in [-0.3, -0.25) is 0 Å². The molecular formula is C11H13ClFN. The smallest absolute Gasteiger partial charge is 0.127 e. The summed E-state index contributed by atoms with van der Waals surface area (Å²) in [5, 5.41) is 3.10. The van der Waals surface area contributed by atoms with Gasteiger partial charge in [0.2, 0.25) is 0 Å². The summed E-state index contributed by atoms with van der Waals surface area (Å²) >= 11 is 5.49. The molecule has 1 N–H and O–H groups in total. The molecule has 0 fully saturated rings. The molecule has 0 aliphatic heterocycles. The normalized spacial score (nSPS) is 11.8. The molecule has 0 spiro atoms. The van der Waals surface area contributed by atoms with Gasteiger partial charge < -0.3 is 5.32 Å². The fourth-order valence-electron chi connectivity index (χ4n) is 1.07. The number of rotatable bonds is 4.